The Morgan fingerprint density at radius 3 is 2.59 bits per heavy atom. The Morgan fingerprint density at radius 1 is 1.11 bits per heavy atom. The first kappa shape index (κ1) is 19.5. The van der Waals surface area contributed by atoms with E-state index in [1.807, 2.05) is 18.2 Å². The van der Waals surface area contributed by atoms with Crippen molar-refractivity contribution in [1.82, 2.24) is 5.32 Å². The molecule has 1 aliphatic heterocycles. The number of hydrogen-bond acceptors (Lipinski definition) is 5. The highest BCUT2D eigenvalue weighted by Gasteiger charge is 2.45. The molecule has 0 spiro atoms. The predicted molar refractivity (Wildman–Crippen MR) is 101 cm³/mol. The van der Waals surface area contributed by atoms with E-state index >= 15 is 0 Å². The quantitative estimate of drug-likeness (QED) is 0.558. The summed E-state index contributed by atoms with van der Waals surface area (Å²) in [6.07, 6.45) is 6.50. The number of rotatable bonds is 8. The molecule has 2 aliphatic rings. The Labute approximate surface area is 160 Å². The maximum Gasteiger partial charge on any atom is 0.317 e. The van der Waals surface area contributed by atoms with Crippen LogP contribution in [0.25, 0.3) is 0 Å². The Kier molecular flexibility index (Phi) is 6.58. The third-order valence-corrected chi connectivity index (χ3v) is 5.38. The molecule has 6 heteroatoms. The van der Waals surface area contributed by atoms with E-state index in [1.54, 1.807) is 0 Å². The van der Waals surface area contributed by atoms with Gasteiger partial charge in [-0.05, 0) is 37.0 Å². The van der Waals surface area contributed by atoms with E-state index in [2.05, 4.69) is 12.2 Å². The number of carbonyl (C=O) groups excluding carboxylic acids is 2. The van der Waals surface area contributed by atoms with E-state index in [0.29, 0.717) is 31.3 Å². The van der Waals surface area contributed by atoms with Crippen molar-refractivity contribution in [3.05, 3.63) is 23.8 Å². The number of carbonyl (C=O) groups is 2. The maximum absolute atomic E-state index is 12.9. The Bertz CT molecular complexity index is 667. The number of ether oxygens (including phenoxy) is 3. The summed E-state index contributed by atoms with van der Waals surface area (Å²) in [5.41, 5.74) is 0.191. The zero-order valence-corrected chi connectivity index (χ0v) is 16.1. The summed E-state index contributed by atoms with van der Waals surface area (Å²) in [7, 11) is 0. The minimum absolute atomic E-state index is 0.225. The Hall–Kier alpha value is -2.24. The summed E-state index contributed by atoms with van der Waals surface area (Å²) in [6.45, 7) is 3.55. The first-order valence-electron chi connectivity index (χ1n) is 10.00. The van der Waals surface area contributed by atoms with Crippen LogP contribution in [-0.4, -0.2) is 38.2 Å². The number of fused-ring (bicyclic) bond motifs is 1. The minimum atomic E-state index is -0.696. The van der Waals surface area contributed by atoms with Crippen LogP contribution in [0.2, 0.25) is 0 Å². The number of amides is 1. The molecule has 0 aromatic heterocycles. The molecule has 1 aromatic rings. The first-order valence-corrected chi connectivity index (χ1v) is 10.00. The van der Waals surface area contributed by atoms with Gasteiger partial charge < -0.3 is 19.5 Å². The van der Waals surface area contributed by atoms with Gasteiger partial charge in [0.15, 0.2) is 18.1 Å². The zero-order chi connectivity index (χ0) is 19.1. The average molecular weight is 375 g/mol. The van der Waals surface area contributed by atoms with Crippen LogP contribution in [0.4, 0.5) is 0 Å². The molecule has 3 rings (SSSR count). The van der Waals surface area contributed by atoms with E-state index in [9.17, 15) is 9.59 Å². The third kappa shape index (κ3) is 4.54. The van der Waals surface area contributed by atoms with Crippen LogP contribution in [0, 0.1) is 0 Å². The normalized spacial score (nSPS) is 17.4. The number of unbranched alkanes of at least 4 members (excludes halogenated alkanes) is 2. The molecular formula is C21H29NO5. The highest BCUT2D eigenvalue weighted by Crippen LogP contribution is 2.45. The minimum Gasteiger partial charge on any atom is -0.486 e. The summed E-state index contributed by atoms with van der Waals surface area (Å²) in [4.78, 5) is 24.9. The van der Waals surface area contributed by atoms with Crippen molar-refractivity contribution in [3.8, 4) is 11.5 Å². The lowest BCUT2D eigenvalue weighted by Crippen LogP contribution is -2.38. The molecular weight excluding hydrogens is 346 g/mol. The summed E-state index contributed by atoms with van der Waals surface area (Å²) in [5, 5.41) is 2.80. The molecule has 1 N–H and O–H groups in total. The van der Waals surface area contributed by atoms with Crippen molar-refractivity contribution in [2.24, 2.45) is 0 Å². The molecule has 1 heterocycles. The first-order chi connectivity index (χ1) is 13.2. The molecule has 0 radical (unpaired) electrons. The lowest BCUT2D eigenvalue weighted by Gasteiger charge is -2.28. The molecule has 6 nitrogen and oxygen atoms in total. The van der Waals surface area contributed by atoms with Crippen LogP contribution in [0.15, 0.2) is 18.2 Å². The monoisotopic (exact) mass is 375 g/mol. The highest BCUT2D eigenvalue weighted by molar-refractivity contribution is 5.87. The molecule has 148 valence electrons. The van der Waals surface area contributed by atoms with Crippen molar-refractivity contribution < 1.29 is 23.8 Å². The fourth-order valence-corrected chi connectivity index (χ4v) is 3.85. The Morgan fingerprint density at radius 2 is 1.85 bits per heavy atom. The van der Waals surface area contributed by atoms with E-state index in [-0.39, 0.29) is 18.5 Å². The molecule has 1 aliphatic carbocycles. The van der Waals surface area contributed by atoms with E-state index in [0.717, 1.165) is 50.5 Å². The van der Waals surface area contributed by atoms with Gasteiger partial charge >= 0.3 is 5.97 Å². The number of hydrogen-bond donors (Lipinski definition) is 1. The van der Waals surface area contributed by atoms with E-state index < -0.39 is 5.41 Å². The number of nitrogens with one attached hydrogen (secondary N) is 1. The predicted octanol–water partition coefficient (Wildman–Crippen LogP) is 3.12. The third-order valence-electron chi connectivity index (χ3n) is 5.38. The molecule has 0 saturated heterocycles. The summed E-state index contributed by atoms with van der Waals surface area (Å²) in [6, 6.07) is 5.68. The van der Waals surface area contributed by atoms with Crippen LogP contribution >= 0.6 is 0 Å². The van der Waals surface area contributed by atoms with Gasteiger partial charge in [-0.15, -0.1) is 0 Å². The van der Waals surface area contributed by atoms with Crippen LogP contribution in [0.1, 0.15) is 57.4 Å². The summed E-state index contributed by atoms with van der Waals surface area (Å²) in [5.74, 6) is 0.819. The van der Waals surface area contributed by atoms with Gasteiger partial charge in [0, 0.05) is 6.54 Å². The van der Waals surface area contributed by atoms with Gasteiger partial charge in [0.25, 0.3) is 5.91 Å². The SMILES string of the molecule is CCCCCNC(=O)COC(=O)C1(c2ccc3c(c2)OCCO3)CCCC1. The molecule has 1 aromatic carbocycles. The fraction of sp³-hybridized carbons (Fsp3) is 0.619. The van der Waals surface area contributed by atoms with Crippen molar-refractivity contribution in [3.63, 3.8) is 0 Å². The smallest absolute Gasteiger partial charge is 0.317 e. The number of benzene rings is 1. The topological polar surface area (TPSA) is 73.9 Å². The van der Waals surface area contributed by atoms with Crippen molar-refractivity contribution in [2.75, 3.05) is 26.4 Å². The Balaban J connectivity index is 1.64. The number of esters is 1. The van der Waals surface area contributed by atoms with Gasteiger partial charge in [-0.25, -0.2) is 0 Å². The van der Waals surface area contributed by atoms with Crippen LogP contribution < -0.4 is 14.8 Å². The second-order valence-electron chi connectivity index (χ2n) is 7.28. The largest absolute Gasteiger partial charge is 0.486 e. The molecule has 0 atom stereocenters. The molecule has 0 unspecified atom stereocenters. The molecule has 1 saturated carbocycles. The van der Waals surface area contributed by atoms with E-state index in [1.165, 1.54) is 0 Å². The van der Waals surface area contributed by atoms with Crippen molar-refractivity contribution in [2.45, 2.75) is 57.3 Å². The van der Waals surface area contributed by atoms with Gasteiger partial charge in [-0.3, -0.25) is 9.59 Å². The maximum atomic E-state index is 12.9. The lowest BCUT2D eigenvalue weighted by molar-refractivity contribution is -0.154. The van der Waals surface area contributed by atoms with Crippen LogP contribution in [-0.2, 0) is 19.7 Å². The molecule has 27 heavy (non-hydrogen) atoms. The molecule has 1 amide bonds. The standard InChI is InChI=1S/C21H29NO5/c1-2-3-6-11-22-19(23)15-27-20(24)21(9-4-5-10-21)16-7-8-17-18(14-16)26-13-12-25-17/h7-8,14H,2-6,9-13,15H2,1H3,(H,22,23). The second kappa shape index (κ2) is 9.11. The average Bonchev–Trinajstić information content (AvgIpc) is 3.20. The second-order valence-corrected chi connectivity index (χ2v) is 7.28. The van der Waals surface area contributed by atoms with Gasteiger partial charge in [-0.2, -0.15) is 0 Å². The van der Waals surface area contributed by atoms with Gasteiger partial charge in [0.05, 0.1) is 5.41 Å². The van der Waals surface area contributed by atoms with Crippen LogP contribution in [0.5, 0.6) is 11.5 Å². The summed E-state index contributed by atoms with van der Waals surface area (Å²) >= 11 is 0. The molecule has 0 bridgehead atoms. The van der Waals surface area contributed by atoms with Crippen molar-refractivity contribution in [1.29, 1.82) is 0 Å². The lowest BCUT2D eigenvalue weighted by atomic mass is 9.78. The highest BCUT2D eigenvalue weighted by atomic mass is 16.6. The van der Waals surface area contributed by atoms with E-state index in [4.69, 9.17) is 14.2 Å². The molecule has 1 fully saturated rings. The summed E-state index contributed by atoms with van der Waals surface area (Å²) < 4.78 is 16.7. The van der Waals surface area contributed by atoms with Gasteiger partial charge in [-0.1, -0.05) is 38.7 Å². The van der Waals surface area contributed by atoms with Gasteiger partial charge in [0.1, 0.15) is 13.2 Å². The van der Waals surface area contributed by atoms with Crippen LogP contribution in [0.3, 0.4) is 0 Å². The zero-order valence-electron chi connectivity index (χ0n) is 16.1. The fourth-order valence-electron chi connectivity index (χ4n) is 3.85. The van der Waals surface area contributed by atoms with Crippen molar-refractivity contribution >= 4 is 11.9 Å². The van der Waals surface area contributed by atoms with Gasteiger partial charge in [0.2, 0.25) is 0 Å².